The van der Waals surface area contributed by atoms with Crippen molar-refractivity contribution in [1.29, 1.82) is 0 Å². The van der Waals surface area contributed by atoms with Gasteiger partial charge in [0, 0.05) is 17.0 Å². The molecule has 1 atom stereocenters. The molecular formula is C13H12ClNO4. The van der Waals surface area contributed by atoms with E-state index in [1.807, 2.05) is 0 Å². The van der Waals surface area contributed by atoms with Gasteiger partial charge in [0.2, 0.25) is 5.91 Å². The van der Waals surface area contributed by atoms with Crippen molar-refractivity contribution in [3.63, 3.8) is 0 Å². The van der Waals surface area contributed by atoms with Crippen LogP contribution in [0.25, 0.3) is 0 Å². The van der Waals surface area contributed by atoms with Crippen LogP contribution in [0.1, 0.15) is 23.7 Å². The van der Waals surface area contributed by atoms with Crippen molar-refractivity contribution in [2.24, 2.45) is 5.92 Å². The lowest BCUT2D eigenvalue weighted by atomic mass is 9.95. The number of anilines is 1. The van der Waals surface area contributed by atoms with Crippen molar-refractivity contribution >= 4 is 34.9 Å². The number of halogens is 1. The van der Waals surface area contributed by atoms with E-state index in [-0.39, 0.29) is 18.6 Å². The van der Waals surface area contributed by atoms with Crippen molar-refractivity contribution in [3.05, 3.63) is 28.8 Å². The zero-order chi connectivity index (χ0) is 14.0. The van der Waals surface area contributed by atoms with E-state index >= 15 is 0 Å². The molecule has 0 saturated carbocycles. The van der Waals surface area contributed by atoms with Crippen LogP contribution in [0, 0.1) is 5.92 Å². The molecule has 0 bridgehead atoms. The summed E-state index contributed by atoms with van der Waals surface area (Å²) in [5.74, 6) is -2.61. The Morgan fingerprint density at radius 3 is 2.89 bits per heavy atom. The average Bonchev–Trinajstić information content (AvgIpc) is 2.46. The molecule has 0 spiro atoms. The number of hydrogen-bond acceptors (Lipinski definition) is 4. The van der Waals surface area contributed by atoms with Gasteiger partial charge in [-0.1, -0.05) is 11.6 Å². The lowest BCUT2D eigenvalue weighted by Gasteiger charge is -2.10. The number of carbonyl (C=O) groups is 3. The molecule has 1 aromatic rings. The van der Waals surface area contributed by atoms with Gasteiger partial charge in [-0.25, -0.2) is 0 Å². The largest absolute Gasteiger partial charge is 0.465 e. The van der Waals surface area contributed by atoms with Crippen molar-refractivity contribution < 1.29 is 19.1 Å². The molecule has 0 aromatic heterocycles. The first-order valence-corrected chi connectivity index (χ1v) is 6.21. The highest BCUT2D eigenvalue weighted by molar-refractivity contribution is 6.31. The lowest BCUT2D eigenvalue weighted by Crippen LogP contribution is -2.27. The highest BCUT2D eigenvalue weighted by atomic mass is 35.5. The van der Waals surface area contributed by atoms with Crippen LogP contribution in [0.2, 0.25) is 5.02 Å². The molecule has 6 heteroatoms. The molecule has 1 aliphatic rings. The number of rotatable bonds is 2. The molecule has 1 aliphatic heterocycles. The Bertz CT molecular complexity index is 556. The standard InChI is InChI=1S/C13H12ClNO4/c1-2-19-13(18)9-6-11(16)15-10-5-7(14)3-4-8(10)12(9)17/h3-5,9H,2,6H2,1H3,(H,15,16). The quantitative estimate of drug-likeness (QED) is 0.665. The van der Waals surface area contributed by atoms with Gasteiger partial charge >= 0.3 is 5.97 Å². The van der Waals surface area contributed by atoms with E-state index in [1.165, 1.54) is 18.2 Å². The minimum Gasteiger partial charge on any atom is -0.465 e. The van der Waals surface area contributed by atoms with Gasteiger partial charge < -0.3 is 10.1 Å². The first-order chi connectivity index (χ1) is 9.02. The molecule has 1 amide bonds. The number of ketones is 1. The maximum absolute atomic E-state index is 12.3. The smallest absolute Gasteiger partial charge is 0.317 e. The molecule has 19 heavy (non-hydrogen) atoms. The molecule has 5 nitrogen and oxygen atoms in total. The second-order valence-corrected chi connectivity index (χ2v) is 4.55. The summed E-state index contributed by atoms with van der Waals surface area (Å²) in [6, 6.07) is 4.52. The normalized spacial score (nSPS) is 18.3. The number of Topliss-reactive ketones (excluding diaryl/α,β-unsaturated/α-hetero) is 1. The molecule has 0 radical (unpaired) electrons. The number of hydrogen-bond donors (Lipinski definition) is 1. The fourth-order valence-corrected chi connectivity index (χ4v) is 2.11. The molecule has 1 heterocycles. The van der Waals surface area contributed by atoms with E-state index in [1.54, 1.807) is 6.92 Å². The maximum Gasteiger partial charge on any atom is 0.317 e. The molecule has 100 valence electrons. The van der Waals surface area contributed by atoms with Crippen LogP contribution in [0.3, 0.4) is 0 Å². The topological polar surface area (TPSA) is 72.5 Å². The van der Waals surface area contributed by atoms with Crippen molar-refractivity contribution in [3.8, 4) is 0 Å². The van der Waals surface area contributed by atoms with E-state index in [0.29, 0.717) is 10.7 Å². The van der Waals surface area contributed by atoms with E-state index in [4.69, 9.17) is 16.3 Å². The molecule has 1 N–H and O–H groups in total. The van der Waals surface area contributed by atoms with Crippen LogP contribution < -0.4 is 5.32 Å². The molecule has 2 rings (SSSR count). The molecule has 1 aromatic carbocycles. The van der Waals surface area contributed by atoms with Crippen LogP contribution in [-0.4, -0.2) is 24.3 Å². The summed E-state index contributed by atoms with van der Waals surface area (Å²) in [5, 5.41) is 2.97. The Balaban J connectivity index is 2.41. The molecule has 0 fully saturated rings. The third-order valence-corrected chi connectivity index (χ3v) is 3.03. The predicted octanol–water partition coefficient (Wildman–Crippen LogP) is 2.04. The second kappa shape index (κ2) is 5.40. The Hall–Kier alpha value is -1.88. The van der Waals surface area contributed by atoms with Gasteiger partial charge in [0.05, 0.1) is 12.3 Å². The fourth-order valence-electron chi connectivity index (χ4n) is 1.94. The minimum atomic E-state index is -1.10. The summed E-state index contributed by atoms with van der Waals surface area (Å²) in [7, 11) is 0. The Labute approximate surface area is 114 Å². The third-order valence-electron chi connectivity index (χ3n) is 2.80. The molecule has 0 saturated heterocycles. The van der Waals surface area contributed by atoms with Gasteiger partial charge in [-0.2, -0.15) is 0 Å². The Morgan fingerprint density at radius 1 is 1.47 bits per heavy atom. The first kappa shape index (κ1) is 13.5. The summed E-state index contributed by atoms with van der Waals surface area (Å²) in [6.45, 7) is 1.81. The predicted molar refractivity (Wildman–Crippen MR) is 69.2 cm³/mol. The summed E-state index contributed by atoms with van der Waals surface area (Å²) >= 11 is 5.82. The zero-order valence-corrected chi connectivity index (χ0v) is 11.0. The fraction of sp³-hybridized carbons (Fsp3) is 0.308. The number of nitrogens with one attached hydrogen (secondary N) is 1. The van der Waals surface area contributed by atoms with Crippen molar-refractivity contribution in [1.82, 2.24) is 0 Å². The second-order valence-electron chi connectivity index (χ2n) is 4.11. The van der Waals surface area contributed by atoms with Crippen LogP contribution in [-0.2, 0) is 14.3 Å². The Morgan fingerprint density at radius 2 is 2.21 bits per heavy atom. The summed E-state index contributed by atoms with van der Waals surface area (Å²) in [4.78, 5) is 35.7. The average molecular weight is 282 g/mol. The number of esters is 1. The maximum atomic E-state index is 12.3. The van der Waals surface area contributed by atoms with Crippen molar-refractivity contribution in [2.45, 2.75) is 13.3 Å². The number of fused-ring (bicyclic) bond motifs is 1. The van der Waals surface area contributed by atoms with Gasteiger partial charge in [-0.3, -0.25) is 14.4 Å². The number of benzene rings is 1. The van der Waals surface area contributed by atoms with E-state index in [9.17, 15) is 14.4 Å². The molecular weight excluding hydrogens is 270 g/mol. The van der Waals surface area contributed by atoms with Gasteiger partial charge in [0.1, 0.15) is 5.92 Å². The highest BCUT2D eigenvalue weighted by Crippen LogP contribution is 2.28. The van der Waals surface area contributed by atoms with Gasteiger partial charge in [0.15, 0.2) is 5.78 Å². The van der Waals surface area contributed by atoms with E-state index < -0.39 is 23.6 Å². The third kappa shape index (κ3) is 2.76. The number of amides is 1. The van der Waals surface area contributed by atoms with Crippen LogP contribution in [0.5, 0.6) is 0 Å². The summed E-state index contributed by atoms with van der Waals surface area (Å²) in [6.07, 6.45) is -0.218. The number of carbonyl (C=O) groups excluding carboxylic acids is 3. The summed E-state index contributed by atoms with van der Waals surface area (Å²) in [5.41, 5.74) is 0.600. The Kier molecular flexibility index (Phi) is 3.85. The van der Waals surface area contributed by atoms with Crippen molar-refractivity contribution in [2.75, 3.05) is 11.9 Å². The minimum absolute atomic E-state index is 0.164. The van der Waals surface area contributed by atoms with Gasteiger partial charge in [-0.15, -0.1) is 0 Å². The molecule has 1 unspecified atom stereocenters. The van der Waals surface area contributed by atoms with Gasteiger partial charge in [0.25, 0.3) is 0 Å². The van der Waals surface area contributed by atoms with Gasteiger partial charge in [-0.05, 0) is 25.1 Å². The monoisotopic (exact) mass is 281 g/mol. The summed E-state index contributed by atoms with van der Waals surface area (Å²) < 4.78 is 4.83. The van der Waals surface area contributed by atoms with Crippen LogP contribution in [0.15, 0.2) is 18.2 Å². The SMILES string of the molecule is CCOC(=O)C1CC(=O)Nc2cc(Cl)ccc2C1=O. The first-order valence-electron chi connectivity index (χ1n) is 5.83. The van der Waals surface area contributed by atoms with E-state index in [0.717, 1.165) is 0 Å². The highest BCUT2D eigenvalue weighted by Gasteiger charge is 2.35. The van der Waals surface area contributed by atoms with E-state index in [2.05, 4.69) is 5.32 Å². The lowest BCUT2D eigenvalue weighted by molar-refractivity contribution is -0.147. The van der Waals surface area contributed by atoms with Crippen LogP contribution >= 0.6 is 11.6 Å². The van der Waals surface area contributed by atoms with Crippen LogP contribution in [0.4, 0.5) is 5.69 Å². The molecule has 0 aliphatic carbocycles. The number of ether oxygens (including phenoxy) is 1. The zero-order valence-electron chi connectivity index (χ0n) is 10.2.